The van der Waals surface area contributed by atoms with E-state index in [-0.39, 0.29) is 11.7 Å². The van der Waals surface area contributed by atoms with E-state index in [0.717, 1.165) is 21.3 Å². The molecule has 2 aromatic rings. The van der Waals surface area contributed by atoms with Gasteiger partial charge in [0, 0.05) is 29.7 Å². The lowest BCUT2D eigenvalue weighted by Gasteiger charge is -2.23. The largest absolute Gasteiger partial charge is 0.364 e. The molecule has 1 N–H and O–H groups in total. The highest BCUT2D eigenvalue weighted by atomic mass is 32.1. The van der Waals surface area contributed by atoms with Crippen molar-refractivity contribution in [2.45, 2.75) is 6.92 Å². The van der Waals surface area contributed by atoms with Gasteiger partial charge >= 0.3 is 0 Å². The van der Waals surface area contributed by atoms with Gasteiger partial charge in [-0.2, -0.15) is 0 Å². The van der Waals surface area contributed by atoms with Gasteiger partial charge in [0.05, 0.1) is 5.69 Å². The first-order valence-electron chi connectivity index (χ1n) is 6.46. The van der Waals surface area contributed by atoms with E-state index in [0.29, 0.717) is 24.5 Å². The van der Waals surface area contributed by atoms with Crippen LogP contribution in [0, 0.1) is 5.82 Å². The van der Waals surface area contributed by atoms with E-state index >= 15 is 0 Å². The Balaban J connectivity index is 2.23. The van der Waals surface area contributed by atoms with Crippen LogP contribution >= 0.6 is 11.3 Å². The Morgan fingerprint density at radius 2 is 2.35 bits per heavy atom. The van der Waals surface area contributed by atoms with Crippen molar-refractivity contribution < 1.29 is 9.18 Å². The summed E-state index contributed by atoms with van der Waals surface area (Å²) in [6, 6.07) is 4.67. The zero-order chi connectivity index (χ0) is 14.3. The van der Waals surface area contributed by atoms with Crippen LogP contribution in [0.1, 0.15) is 16.6 Å². The van der Waals surface area contributed by atoms with Crippen LogP contribution in [0.15, 0.2) is 30.4 Å². The Morgan fingerprint density at radius 1 is 1.55 bits per heavy atom. The summed E-state index contributed by atoms with van der Waals surface area (Å²) < 4.78 is 14.5. The second-order valence-electron chi connectivity index (χ2n) is 5.05. The van der Waals surface area contributed by atoms with Crippen LogP contribution in [0.4, 0.5) is 10.1 Å². The lowest BCUT2D eigenvalue weighted by molar-refractivity contribution is 0.0962. The van der Waals surface area contributed by atoms with Gasteiger partial charge < -0.3 is 10.2 Å². The fraction of sp³-hybridized carbons (Fsp3) is 0.267. The van der Waals surface area contributed by atoms with Crippen molar-refractivity contribution in [1.82, 2.24) is 5.32 Å². The average molecular weight is 290 g/mol. The molecule has 1 amide bonds. The Kier molecular flexibility index (Phi) is 3.22. The molecule has 1 aliphatic heterocycles. The molecule has 104 valence electrons. The van der Waals surface area contributed by atoms with E-state index in [1.807, 2.05) is 6.92 Å². The molecule has 0 saturated carbocycles. The zero-order valence-electron chi connectivity index (χ0n) is 11.2. The number of benzene rings is 1. The molecular formula is C15H15FN2OS. The quantitative estimate of drug-likeness (QED) is 0.862. The van der Waals surface area contributed by atoms with E-state index in [1.54, 1.807) is 6.07 Å². The lowest BCUT2D eigenvalue weighted by atomic mass is 10.2. The molecule has 0 unspecified atom stereocenters. The summed E-state index contributed by atoms with van der Waals surface area (Å²) in [5.41, 5.74) is 1.85. The minimum Gasteiger partial charge on any atom is -0.364 e. The molecule has 3 nitrogen and oxygen atoms in total. The summed E-state index contributed by atoms with van der Waals surface area (Å²) in [7, 11) is 0. The first kappa shape index (κ1) is 13.1. The number of carbonyl (C=O) groups excluding carboxylic acids is 1. The van der Waals surface area contributed by atoms with Crippen molar-refractivity contribution in [2.24, 2.45) is 0 Å². The number of nitrogens with one attached hydrogen (secondary N) is 1. The van der Waals surface area contributed by atoms with Gasteiger partial charge in [-0.1, -0.05) is 12.2 Å². The standard InChI is InChI=1S/C15H15FN2OS/c1-9(2)8-18-6-5-17-15(19)14-13(18)11-7-10(16)3-4-12(11)20-14/h3-4,7H,1,5-6,8H2,2H3,(H,17,19). The average Bonchev–Trinajstić information content (AvgIpc) is 2.68. The van der Waals surface area contributed by atoms with E-state index in [2.05, 4.69) is 16.8 Å². The first-order valence-corrected chi connectivity index (χ1v) is 7.27. The maximum atomic E-state index is 13.5. The van der Waals surface area contributed by atoms with Crippen molar-refractivity contribution >= 4 is 33.0 Å². The molecule has 0 atom stereocenters. The van der Waals surface area contributed by atoms with E-state index in [4.69, 9.17) is 0 Å². The summed E-state index contributed by atoms with van der Waals surface area (Å²) in [5.74, 6) is -0.358. The summed E-state index contributed by atoms with van der Waals surface area (Å²) in [6.07, 6.45) is 0. The monoisotopic (exact) mass is 290 g/mol. The summed E-state index contributed by atoms with van der Waals surface area (Å²) in [4.78, 5) is 14.9. The van der Waals surface area contributed by atoms with Crippen LogP contribution < -0.4 is 10.2 Å². The fourth-order valence-corrected chi connectivity index (χ4v) is 3.63. The SMILES string of the molecule is C=C(C)CN1CCNC(=O)c2sc3ccc(F)cc3c21. The molecule has 1 aromatic heterocycles. The molecule has 0 saturated heterocycles. The molecule has 0 bridgehead atoms. The summed E-state index contributed by atoms with van der Waals surface area (Å²) in [5, 5.41) is 3.69. The fourth-order valence-electron chi connectivity index (χ4n) is 2.51. The van der Waals surface area contributed by atoms with Gasteiger partial charge in [-0.25, -0.2) is 4.39 Å². The molecule has 1 aliphatic rings. The van der Waals surface area contributed by atoms with Crippen LogP contribution in [0.5, 0.6) is 0 Å². The molecule has 0 aliphatic carbocycles. The van der Waals surface area contributed by atoms with Crippen molar-refractivity contribution in [3.8, 4) is 0 Å². The molecule has 5 heteroatoms. The van der Waals surface area contributed by atoms with Crippen molar-refractivity contribution in [2.75, 3.05) is 24.5 Å². The number of anilines is 1. The number of fused-ring (bicyclic) bond motifs is 3. The van der Waals surface area contributed by atoms with Crippen molar-refractivity contribution in [3.05, 3.63) is 41.0 Å². The highest BCUT2D eigenvalue weighted by molar-refractivity contribution is 7.21. The van der Waals surface area contributed by atoms with E-state index in [1.165, 1.54) is 23.5 Å². The van der Waals surface area contributed by atoms with Gasteiger partial charge in [0.15, 0.2) is 0 Å². The Morgan fingerprint density at radius 3 is 3.10 bits per heavy atom. The highest BCUT2D eigenvalue weighted by Gasteiger charge is 2.25. The number of halogens is 1. The molecule has 0 spiro atoms. The molecule has 1 aromatic carbocycles. The van der Waals surface area contributed by atoms with Crippen LogP contribution in [-0.4, -0.2) is 25.5 Å². The minimum absolute atomic E-state index is 0.0779. The number of rotatable bonds is 2. The number of carbonyl (C=O) groups is 1. The number of thiophene rings is 1. The Labute approximate surface area is 120 Å². The van der Waals surface area contributed by atoms with Crippen LogP contribution in [-0.2, 0) is 0 Å². The van der Waals surface area contributed by atoms with Crippen LogP contribution in [0.3, 0.4) is 0 Å². The van der Waals surface area contributed by atoms with Gasteiger partial charge in [-0.05, 0) is 25.1 Å². The number of hydrogen-bond acceptors (Lipinski definition) is 3. The van der Waals surface area contributed by atoms with Gasteiger partial charge in [0.25, 0.3) is 5.91 Å². The molecule has 0 fully saturated rings. The van der Waals surface area contributed by atoms with E-state index in [9.17, 15) is 9.18 Å². The normalized spacial score (nSPS) is 14.9. The first-order chi connectivity index (χ1) is 9.56. The molecule has 20 heavy (non-hydrogen) atoms. The predicted molar refractivity (Wildman–Crippen MR) is 81.1 cm³/mol. The lowest BCUT2D eigenvalue weighted by Crippen LogP contribution is -2.31. The second-order valence-corrected chi connectivity index (χ2v) is 6.11. The Hall–Kier alpha value is -1.88. The molecular weight excluding hydrogens is 275 g/mol. The van der Waals surface area contributed by atoms with Crippen LogP contribution in [0.25, 0.3) is 10.1 Å². The van der Waals surface area contributed by atoms with Gasteiger partial charge in [-0.3, -0.25) is 4.79 Å². The summed E-state index contributed by atoms with van der Waals surface area (Å²) >= 11 is 1.41. The smallest absolute Gasteiger partial charge is 0.263 e. The third-order valence-corrected chi connectivity index (χ3v) is 4.43. The third kappa shape index (κ3) is 2.18. The number of nitrogens with zero attached hydrogens (tertiary/aromatic N) is 1. The minimum atomic E-state index is -0.280. The van der Waals surface area contributed by atoms with Gasteiger partial charge in [0.2, 0.25) is 0 Å². The topological polar surface area (TPSA) is 32.3 Å². The van der Waals surface area contributed by atoms with Gasteiger partial charge in [-0.15, -0.1) is 11.3 Å². The second kappa shape index (κ2) is 4.90. The molecule has 3 rings (SSSR count). The predicted octanol–water partition coefficient (Wildman–Crippen LogP) is 3.17. The zero-order valence-corrected chi connectivity index (χ0v) is 12.0. The Bertz CT molecular complexity index is 707. The summed E-state index contributed by atoms with van der Waals surface area (Å²) in [6.45, 7) is 7.85. The van der Waals surface area contributed by atoms with Crippen molar-refractivity contribution in [1.29, 1.82) is 0 Å². The molecule has 0 radical (unpaired) electrons. The number of amides is 1. The van der Waals surface area contributed by atoms with Crippen LogP contribution in [0.2, 0.25) is 0 Å². The van der Waals surface area contributed by atoms with Gasteiger partial charge in [0.1, 0.15) is 10.7 Å². The molecule has 2 heterocycles. The van der Waals surface area contributed by atoms with E-state index < -0.39 is 0 Å². The maximum Gasteiger partial charge on any atom is 0.263 e. The van der Waals surface area contributed by atoms with Crippen molar-refractivity contribution in [3.63, 3.8) is 0 Å². The maximum absolute atomic E-state index is 13.5. The number of hydrogen-bond donors (Lipinski definition) is 1. The third-order valence-electron chi connectivity index (χ3n) is 3.27. The highest BCUT2D eigenvalue weighted by Crippen LogP contribution is 2.39.